The topological polar surface area (TPSA) is 75.7 Å². The Kier molecular flexibility index (Phi) is 7.25. The highest BCUT2D eigenvalue weighted by Gasteiger charge is 2.22. The highest BCUT2D eigenvalue weighted by molar-refractivity contribution is 7.88. The summed E-state index contributed by atoms with van der Waals surface area (Å²) in [6.07, 6.45) is 7.12. The summed E-state index contributed by atoms with van der Waals surface area (Å²) in [5.74, 6) is 0.544. The summed E-state index contributed by atoms with van der Waals surface area (Å²) in [7, 11) is -1.83. The number of benzene rings is 1. The summed E-state index contributed by atoms with van der Waals surface area (Å²) >= 11 is 0. The maximum absolute atomic E-state index is 12.2. The molecule has 0 spiro atoms. The summed E-state index contributed by atoms with van der Waals surface area (Å²) in [4.78, 5) is 12.2. The molecule has 1 saturated carbocycles. The predicted molar refractivity (Wildman–Crippen MR) is 98.1 cm³/mol. The highest BCUT2D eigenvalue weighted by atomic mass is 32.2. The molecule has 25 heavy (non-hydrogen) atoms. The predicted octanol–water partition coefficient (Wildman–Crippen LogP) is 1.95. The number of carbonyl (C=O) groups is 1. The molecule has 7 heteroatoms. The largest absolute Gasteiger partial charge is 0.497 e. The Labute approximate surface area is 150 Å². The van der Waals surface area contributed by atoms with Crippen LogP contribution in [-0.2, 0) is 21.2 Å². The van der Waals surface area contributed by atoms with Crippen LogP contribution >= 0.6 is 0 Å². The van der Waals surface area contributed by atoms with Gasteiger partial charge in [0.1, 0.15) is 5.75 Å². The number of hydrogen-bond donors (Lipinski definition) is 1. The van der Waals surface area contributed by atoms with E-state index in [2.05, 4.69) is 5.32 Å². The fraction of sp³-hybridized carbons (Fsp3) is 0.611. The van der Waals surface area contributed by atoms with Gasteiger partial charge >= 0.3 is 0 Å². The van der Waals surface area contributed by atoms with Crippen LogP contribution in [0.1, 0.15) is 37.7 Å². The van der Waals surface area contributed by atoms with E-state index in [9.17, 15) is 13.2 Å². The van der Waals surface area contributed by atoms with Gasteiger partial charge in [-0.15, -0.1) is 0 Å². The Bertz CT molecular complexity index is 652. The molecule has 1 aromatic carbocycles. The summed E-state index contributed by atoms with van der Waals surface area (Å²) in [6.45, 7) is 0.161. The lowest BCUT2D eigenvalue weighted by atomic mass is 9.95. The van der Waals surface area contributed by atoms with Crippen LogP contribution in [0.4, 0.5) is 0 Å². The fourth-order valence-electron chi connectivity index (χ4n) is 3.09. The smallest absolute Gasteiger partial charge is 0.235 e. The van der Waals surface area contributed by atoms with Crippen molar-refractivity contribution in [2.75, 3.05) is 26.5 Å². The number of nitrogens with one attached hydrogen (secondary N) is 1. The molecule has 2 rings (SSSR count). The van der Waals surface area contributed by atoms with Crippen LogP contribution in [0.3, 0.4) is 0 Å². The number of hydrogen-bond acceptors (Lipinski definition) is 4. The fourth-order valence-corrected chi connectivity index (χ4v) is 3.86. The zero-order chi connectivity index (χ0) is 18.3. The number of rotatable bonds is 8. The third-order valence-corrected chi connectivity index (χ3v) is 5.82. The molecule has 0 unspecified atom stereocenters. The second-order valence-corrected chi connectivity index (χ2v) is 8.58. The molecule has 140 valence electrons. The molecule has 1 fully saturated rings. The summed E-state index contributed by atoms with van der Waals surface area (Å²) in [6, 6.07) is 7.68. The molecule has 0 saturated heterocycles. The first-order valence-corrected chi connectivity index (χ1v) is 10.6. The molecule has 0 aliphatic heterocycles. The van der Waals surface area contributed by atoms with Gasteiger partial charge in [0, 0.05) is 12.6 Å². The normalized spacial score (nSPS) is 16.0. The second kappa shape index (κ2) is 9.20. The molecular formula is C18H28N2O4S. The minimum Gasteiger partial charge on any atom is -0.497 e. The summed E-state index contributed by atoms with van der Waals surface area (Å²) < 4.78 is 30.4. The SMILES string of the molecule is COc1ccc(CCN(CC(=O)NC2CCCCC2)S(C)(=O)=O)cc1. The van der Waals surface area contributed by atoms with E-state index >= 15 is 0 Å². The van der Waals surface area contributed by atoms with E-state index in [1.54, 1.807) is 7.11 Å². The van der Waals surface area contributed by atoms with Crippen molar-refractivity contribution in [1.82, 2.24) is 9.62 Å². The van der Waals surface area contributed by atoms with Gasteiger partial charge in [0.15, 0.2) is 0 Å². The lowest BCUT2D eigenvalue weighted by Crippen LogP contribution is -2.45. The first kappa shape index (κ1) is 19.7. The van der Waals surface area contributed by atoms with Crippen LogP contribution in [0.25, 0.3) is 0 Å². The van der Waals surface area contributed by atoms with Crippen LogP contribution in [0.5, 0.6) is 5.75 Å². The zero-order valence-corrected chi connectivity index (χ0v) is 15.8. The first-order chi connectivity index (χ1) is 11.9. The molecule has 6 nitrogen and oxygen atoms in total. The monoisotopic (exact) mass is 368 g/mol. The molecule has 1 aliphatic rings. The van der Waals surface area contributed by atoms with Crippen molar-refractivity contribution >= 4 is 15.9 Å². The van der Waals surface area contributed by atoms with Gasteiger partial charge in [-0.2, -0.15) is 4.31 Å². The first-order valence-electron chi connectivity index (χ1n) is 8.76. The van der Waals surface area contributed by atoms with Gasteiger partial charge in [-0.05, 0) is 37.0 Å². The van der Waals surface area contributed by atoms with Crippen molar-refractivity contribution in [2.45, 2.75) is 44.6 Å². The van der Waals surface area contributed by atoms with E-state index in [4.69, 9.17) is 4.74 Å². The van der Waals surface area contributed by atoms with E-state index in [1.807, 2.05) is 24.3 Å². The van der Waals surface area contributed by atoms with Crippen molar-refractivity contribution in [3.8, 4) is 5.75 Å². The number of methoxy groups -OCH3 is 1. The summed E-state index contributed by atoms with van der Waals surface area (Å²) in [5.41, 5.74) is 1.00. The maximum atomic E-state index is 12.2. The maximum Gasteiger partial charge on any atom is 0.235 e. The Morgan fingerprint density at radius 1 is 1.20 bits per heavy atom. The molecule has 1 aromatic rings. The average molecular weight is 368 g/mol. The van der Waals surface area contributed by atoms with Crippen molar-refractivity contribution in [3.05, 3.63) is 29.8 Å². The third kappa shape index (κ3) is 6.66. The molecule has 1 N–H and O–H groups in total. The van der Waals surface area contributed by atoms with E-state index in [0.717, 1.165) is 43.3 Å². The number of carbonyl (C=O) groups excluding carboxylic acids is 1. The van der Waals surface area contributed by atoms with E-state index in [1.165, 1.54) is 10.7 Å². The van der Waals surface area contributed by atoms with Gasteiger partial charge in [0.25, 0.3) is 0 Å². The van der Waals surface area contributed by atoms with Gasteiger partial charge < -0.3 is 10.1 Å². The van der Waals surface area contributed by atoms with Crippen LogP contribution in [0.15, 0.2) is 24.3 Å². The van der Waals surface area contributed by atoms with Crippen LogP contribution in [0, 0.1) is 0 Å². The molecule has 1 amide bonds. The molecule has 0 radical (unpaired) electrons. The van der Waals surface area contributed by atoms with E-state index < -0.39 is 10.0 Å². The number of nitrogens with zero attached hydrogens (tertiary/aromatic N) is 1. The van der Waals surface area contributed by atoms with Crippen molar-refractivity contribution in [2.24, 2.45) is 0 Å². The minimum atomic E-state index is -3.44. The Morgan fingerprint density at radius 2 is 1.84 bits per heavy atom. The Balaban J connectivity index is 1.90. The van der Waals surface area contributed by atoms with Crippen LogP contribution in [0.2, 0.25) is 0 Å². The van der Waals surface area contributed by atoms with Gasteiger partial charge in [-0.3, -0.25) is 4.79 Å². The van der Waals surface area contributed by atoms with Crippen molar-refractivity contribution < 1.29 is 17.9 Å². The van der Waals surface area contributed by atoms with Crippen LogP contribution in [-0.4, -0.2) is 51.1 Å². The van der Waals surface area contributed by atoms with Crippen LogP contribution < -0.4 is 10.1 Å². The average Bonchev–Trinajstić information content (AvgIpc) is 2.59. The molecular weight excluding hydrogens is 340 g/mol. The third-order valence-electron chi connectivity index (χ3n) is 4.57. The molecule has 0 bridgehead atoms. The standard InChI is InChI=1S/C18H28N2O4S/c1-24-17-10-8-15(9-11-17)12-13-20(25(2,22)23)14-18(21)19-16-6-4-3-5-7-16/h8-11,16H,3-7,12-14H2,1-2H3,(H,19,21). The molecule has 0 heterocycles. The van der Waals surface area contributed by atoms with Gasteiger partial charge in [0.2, 0.25) is 15.9 Å². The number of amides is 1. The Hall–Kier alpha value is -1.60. The lowest BCUT2D eigenvalue weighted by molar-refractivity contribution is -0.122. The van der Waals surface area contributed by atoms with Gasteiger partial charge in [-0.25, -0.2) is 8.42 Å². The lowest BCUT2D eigenvalue weighted by Gasteiger charge is -2.25. The number of sulfonamides is 1. The van der Waals surface area contributed by atoms with Gasteiger partial charge in [-0.1, -0.05) is 31.4 Å². The van der Waals surface area contributed by atoms with E-state index in [-0.39, 0.29) is 25.0 Å². The Morgan fingerprint density at radius 3 is 2.40 bits per heavy atom. The highest BCUT2D eigenvalue weighted by Crippen LogP contribution is 2.17. The quantitative estimate of drug-likeness (QED) is 0.761. The summed E-state index contributed by atoms with van der Waals surface area (Å²) in [5, 5.41) is 2.97. The van der Waals surface area contributed by atoms with E-state index in [0.29, 0.717) is 6.42 Å². The number of ether oxygens (including phenoxy) is 1. The van der Waals surface area contributed by atoms with Crippen molar-refractivity contribution in [1.29, 1.82) is 0 Å². The molecule has 1 aliphatic carbocycles. The minimum absolute atomic E-state index is 0.120. The second-order valence-electron chi connectivity index (χ2n) is 6.60. The molecule has 0 atom stereocenters. The zero-order valence-electron chi connectivity index (χ0n) is 15.0. The van der Waals surface area contributed by atoms with Gasteiger partial charge in [0.05, 0.1) is 19.9 Å². The van der Waals surface area contributed by atoms with Crippen molar-refractivity contribution in [3.63, 3.8) is 0 Å². The molecule has 0 aromatic heterocycles.